The lowest BCUT2D eigenvalue weighted by Crippen LogP contribution is -2.38. The molecule has 0 aromatic heterocycles. The summed E-state index contributed by atoms with van der Waals surface area (Å²) in [5, 5.41) is 3.17. The van der Waals surface area contributed by atoms with Crippen LogP contribution in [0.4, 0.5) is 14.5 Å². The van der Waals surface area contributed by atoms with Gasteiger partial charge in [-0.2, -0.15) is 0 Å². The summed E-state index contributed by atoms with van der Waals surface area (Å²) in [7, 11) is 1.29. The standard InChI is InChI=1S/C26H19F2NO7/c1-33-21-3-11(2-18(30)25(21)31)22-15-7-19-20(36-10-35-19)8-16(15)24(17-9-34-26(32)23(17)22)29-14-5-12(27)4-13(28)6-14/h2-8,17,22-24,29H,9-10H2,1H3/t17-,22+,23-,24+/m0/s1. The molecule has 2 aliphatic carbocycles. The highest BCUT2D eigenvalue weighted by Gasteiger charge is 2.53. The predicted octanol–water partition coefficient (Wildman–Crippen LogP) is 3.34. The number of allylic oxidation sites excluding steroid dienone is 4. The average molecular weight is 495 g/mol. The van der Waals surface area contributed by atoms with Gasteiger partial charge in [-0.1, -0.05) is 0 Å². The fourth-order valence-electron chi connectivity index (χ4n) is 5.49. The van der Waals surface area contributed by atoms with Gasteiger partial charge in [0.2, 0.25) is 12.6 Å². The Morgan fingerprint density at radius 1 is 0.917 bits per heavy atom. The van der Waals surface area contributed by atoms with Crippen LogP contribution in [0.5, 0.6) is 11.5 Å². The number of rotatable bonds is 4. The fourth-order valence-corrected chi connectivity index (χ4v) is 5.49. The molecular weight excluding hydrogens is 476 g/mol. The van der Waals surface area contributed by atoms with E-state index >= 15 is 0 Å². The topological polar surface area (TPSA) is 100 Å². The minimum absolute atomic E-state index is 0.00834. The summed E-state index contributed by atoms with van der Waals surface area (Å²) in [5.74, 6) is -4.60. The van der Waals surface area contributed by atoms with E-state index < -0.39 is 53.0 Å². The monoisotopic (exact) mass is 495 g/mol. The minimum atomic E-state index is -0.777. The predicted molar refractivity (Wildman–Crippen MR) is 119 cm³/mol. The number of ketones is 2. The van der Waals surface area contributed by atoms with Crippen molar-refractivity contribution in [2.45, 2.75) is 12.0 Å². The number of carbonyl (C=O) groups excluding carboxylic acids is 3. The molecule has 0 radical (unpaired) electrons. The molecule has 0 amide bonds. The van der Waals surface area contributed by atoms with Crippen LogP contribution in [0.3, 0.4) is 0 Å². The Hall–Kier alpha value is -4.21. The van der Waals surface area contributed by atoms with Gasteiger partial charge in [0.1, 0.15) is 11.6 Å². The second kappa shape index (κ2) is 8.18. The van der Waals surface area contributed by atoms with Gasteiger partial charge in [0.05, 0.1) is 25.7 Å². The van der Waals surface area contributed by atoms with Crippen LogP contribution in [-0.4, -0.2) is 38.0 Å². The van der Waals surface area contributed by atoms with Gasteiger partial charge in [0, 0.05) is 23.6 Å². The van der Waals surface area contributed by atoms with Crippen LogP contribution in [0.25, 0.3) is 0 Å². The highest BCUT2D eigenvalue weighted by Crippen LogP contribution is 2.55. The van der Waals surface area contributed by atoms with Crippen molar-refractivity contribution in [3.05, 3.63) is 76.6 Å². The number of fused-ring (bicyclic) bond motifs is 3. The number of esters is 1. The van der Waals surface area contributed by atoms with Crippen molar-refractivity contribution in [1.29, 1.82) is 0 Å². The van der Waals surface area contributed by atoms with E-state index in [1.807, 2.05) is 0 Å². The third-order valence-electron chi connectivity index (χ3n) is 6.99. The number of nitrogens with one attached hydrogen (secondary N) is 1. The molecule has 0 spiro atoms. The van der Waals surface area contributed by atoms with E-state index in [0.717, 1.165) is 18.2 Å². The van der Waals surface area contributed by atoms with Gasteiger partial charge >= 0.3 is 5.97 Å². The maximum absolute atomic E-state index is 14.0. The molecule has 1 saturated heterocycles. The molecule has 8 nitrogen and oxygen atoms in total. The zero-order valence-electron chi connectivity index (χ0n) is 18.9. The van der Waals surface area contributed by atoms with Crippen molar-refractivity contribution in [3.63, 3.8) is 0 Å². The van der Waals surface area contributed by atoms with Gasteiger partial charge in [-0.25, -0.2) is 8.78 Å². The molecule has 2 aromatic rings. The Bertz CT molecular complexity index is 1380. The average Bonchev–Trinajstić information content (AvgIpc) is 3.45. The summed E-state index contributed by atoms with van der Waals surface area (Å²) in [6, 6.07) is 6.00. The van der Waals surface area contributed by atoms with Gasteiger partial charge in [0.15, 0.2) is 17.3 Å². The van der Waals surface area contributed by atoms with E-state index in [2.05, 4.69) is 5.32 Å². The first kappa shape index (κ1) is 22.3. The van der Waals surface area contributed by atoms with Crippen LogP contribution in [0, 0.1) is 23.5 Å². The number of ether oxygens (including phenoxy) is 4. The number of hydrogen-bond acceptors (Lipinski definition) is 8. The van der Waals surface area contributed by atoms with Crippen LogP contribution in [0.15, 0.2) is 53.8 Å². The van der Waals surface area contributed by atoms with E-state index in [1.165, 1.54) is 19.3 Å². The maximum atomic E-state index is 14.0. The number of benzene rings is 2. The zero-order chi connectivity index (χ0) is 25.1. The second-order valence-electron chi connectivity index (χ2n) is 8.96. The zero-order valence-corrected chi connectivity index (χ0v) is 18.9. The fraction of sp³-hybridized carbons (Fsp3) is 0.269. The molecule has 1 N–H and O–H groups in total. The number of hydrogen-bond donors (Lipinski definition) is 1. The van der Waals surface area contributed by atoms with E-state index in [1.54, 1.807) is 12.1 Å². The van der Waals surface area contributed by atoms with Crippen molar-refractivity contribution < 1.29 is 42.1 Å². The van der Waals surface area contributed by atoms with Crippen molar-refractivity contribution in [1.82, 2.24) is 0 Å². The SMILES string of the molecule is COC1=CC([C@@H]2c3cc4c(cc3[C@@H](Nc3cc(F)cc(F)c3)[C@H]3COC(=O)[C@@H]32)OCO4)=CC(=O)C1=O. The summed E-state index contributed by atoms with van der Waals surface area (Å²) in [5.41, 5.74) is 1.93. The molecule has 36 heavy (non-hydrogen) atoms. The molecular formula is C26H19F2NO7. The molecule has 0 bridgehead atoms. The summed E-state index contributed by atoms with van der Waals surface area (Å²) in [6.07, 6.45) is 2.67. The molecule has 10 heteroatoms. The van der Waals surface area contributed by atoms with Crippen molar-refractivity contribution in [3.8, 4) is 11.5 Å². The second-order valence-corrected chi connectivity index (χ2v) is 8.96. The first-order valence-corrected chi connectivity index (χ1v) is 11.2. The Morgan fingerprint density at radius 2 is 1.61 bits per heavy atom. The molecule has 0 unspecified atom stereocenters. The molecule has 0 saturated carbocycles. The minimum Gasteiger partial charge on any atom is -0.492 e. The smallest absolute Gasteiger partial charge is 0.310 e. The summed E-state index contributed by atoms with van der Waals surface area (Å²) in [6.45, 7) is 0.0543. The number of cyclic esters (lactones) is 1. The highest BCUT2D eigenvalue weighted by molar-refractivity contribution is 6.47. The number of carbonyl (C=O) groups is 3. The van der Waals surface area contributed by atoms with Crippen LogP contribution < -0.4 is 14.8 Å². The molecule has 2 aromatic carbocycles. The van der Waals surface area contributed by atoms with E-state index in [4.69, 9.17) is 18.9 Å². The van der Waals surface area contributed by atoms with E-state index in [9.17, 15) is 23.2 Å². The third kappa shape index (κ3) is 3.43. The van der Waals surface area contributed by atoms with Gasteiger partial charge in [0.25, 0.3) is 5.78 Å². The van der Waals surface area contributed by atoms with Crippen molar-refractivity contribution >= 4 is 23.2 Å². The van der Waals surface area contributed by atoms with Crippen molar-refractivity contribution in [2.24, 2.45) is 11.8 Å². The summed E-state index contributed by atoms with van der Waals surface area (Å²) in [4.78, 5) is 37.7. The number of anilines is 1. The molecule has 4 aliphatic rings. The van der Waals surface area contributed by atoms with Crippen LogP contribution in [-0.2, 0) is 23.9 Å². The third-order valence-corrected chi connectivity index (χ3v) is 6.99. The first-order valence-electron chi connectivity index (χ1n) is 11.2. The molecule has 4 atom stereocenters. The quantitative estimate of drug-likeness (QED) is 0.392. The van der Waals surface area contributed by atoms with Crippen molar-refractivity contribution in [2.75, 3.05) is 25.8 Å². The Balaban J connectivity index is 1.53. The van der Waals surface area contributed by atoms with Gasteiger partial charge in [-0.3, -0.25) is 14.4 Å². The highest BCUT2D eigenvalue weighted by atomic mass is 19.1. The van der Waals surface area contributed by atoms with Crippen LogP contribution in [0.1, 0.15) is 23.1 Å². The largest absolute Gasteiger partial charge is 0.492 e. The molecule has 2 heterocycles. The lowest BCUT2D eigenvalue weighted by molar-refractivity contribution is -0.141. The molecule has 1 fully saturated rings. The van der Waals surface area contributed by atoms with E-state index in [-0.39, 0.29) is 24.8 Å². The first-order chi connectivity index (χ1) is 17.3. The molecule has 184 valence electrons. The van der Waals surface area contributed by atoms with Gasteiger partial charge < -0.3 is 24.3 Å². The number of halogens is 2. The van der Waals surface area contributed by atoms with Gasteiger partial charge in [-0.15, -0.1) is 0 Å². The Kier molecular flexibility index (Phi) is 5.06. The van der Waals surface area contributed by atoms with Crippen LogP contribution >= 0.6 is 0 Å². The Morgan fingerprint density at radius 3 is 2.31 bits per heavy atom. The Labute approximate surface area is 203 Å². The lowest BCUT2D eigenvalue weighted by Gasteiger charge is -2.40. The van der Waals surface area contributed by atoms with E-state index in [0.29, 0.717) is 28.2 Å². The van der Waals surface area contributed by atoms with Crippen LogP contribution in [0.2, 0.25) is 0 Å². The number of Topliss-reactive ketones (excluding diaryl/α,β-unsaturated/α-hetero) is 1. The summed E-state index contributed by atoms with van der Waals surface area (Å²) >= 11 is 0. The molecule has 6 rings (SSSR count). The lowest BCUT2D eigenvalue weighted by atomic mass is 9.64. The molecule has 2 aliphatic heterocycles. The maximum Gasteiger partial charge on any atom is 0.310 e. The summed E-state index contributed by atoms with van der Waals surface area (Å²) < 4.78 is 49.6. The normalized spacial score (nSPS) is 26.0. The number of methoxy groups -OCH3 is 1. The van der Waals surface area contributed by atoms with Gasteiger partial charge in [-0.05, 0) is 53.1 Å².